The topological polar surface area (TPSA) is 94.2 Å². The Balaban J connectivity index is 1.31. The highest BCUT2D eigenvalue weighted by atomic mass is 79.9. The van der Waals surface area contributed by atoms with E-state index in [2.05, 4.69) is 37.2 Å². The van der Waals surface area contributed by atoms with Crippen molar-refractivity contribution in [1.82, 2.24) is 5.32 Å². The van der Waals surface area contributed by atoms with E-state index in [9.17, 15) is 14.4 Å². The lowest BCUT2D eigenvalue weighted by Gasteiger charge is -2.26. The second-order valence-electron chi connectivity index (χ2n) is 9.42. The molecule has 12 heteroatoms. The number of hydrogen-bond acceptors (Lipinski definition) is 6. The number of methoxy groups -OCH3 is 1. The summed E-state index contributed by atoms with van der Waals surface area (Å²) in [6, 6.07) is 22.2. The molecule has 0 aromatic heterocycles. The predicted octanol–water partition coefficient (Wildman–Crippen LogP) is 8.35. The molecular formula is C32H22Br2Cl2N2O6. The van der Waals surface area contributed by atoms with Crippen molar-refractivity contribution in [3.05, 3.63) is 120 Å². The SMILES string of the molecule is COc1cc(COc2c(Br)cc(/C=C3/C(=O)NC(=O)N(c4ccc(Cl)c(Cl)c4)C3=O)cc2Br)ccc1OCc1ccccc1. The number of carbonyl (C=O) groups is 3. The second-order valence-corrected chi connectivity index (χ2v) is 11.9. The molecule has 4 amide bonds. The molecule has 0 radical (unpaired) electrons. The number of benzene rings is 4. The lowest BCUT2D eigenvalue weighted by Crippen LogP contribution is -2.54. The maximum absolute atomic E-state index is 13.3. The molecule has 5 rings (SSSR count). The van der Waals surface area contributed by atoms with Crippen LogP contribution in [0.1, 0.15) is 16.7 Å². The molecule has 1 fully saturated rings. The van der Waals surface area contributed by atoms with Crippen LogP contribution in [0.25, 0.3) is 6.08 Å². The number of halogens is 4. The minimum atomic E-state index is -0.894. The first-order valence-electron chi connectivity index (χ1n) is 13.0. The van der Waals surface area contributed by atoms with E-state index in [1.54, 1.807) is 19.2 Å². The molecule has 1 aliphatic heterocycles. The van der Waals surface area contributed by atoms with E-state index in [0.29, 0.717) is 38.4 Å². The summed E-state index contributed by atoms with van der Waals surface area (Å²) in [6.45, 7) is 0.626. The molecule has 0 aliphatic carbocycles. The molecule has 0 saturated carbocycles. The number of carbonyl (C=O) groups excluding carboxylic acids is 3. The Morgan fingerprint density at radius 1 is 0.795 bits per heavy atom. The first kappa shape index (κ1) is 31.6. The van der Waals surface area contributed by atoms with Crippen molar-refractivity contribution in [2.75, 3.05) is 12.0 Å². The molecule has 0 bridgehead atoms. The van der Waals surface area contributed by atoms with E-state index < -0.39 is 17.8 Å². The van der Waals surface area contributed by atoms with Gasteiger partial charge in [0.05, 0.1) is 31.8 Å². The fraction of sp³-hybridized carbons (Fsp3) is 0.0938. The van der Waals surface area contributed by atoms with Crippen LogP contribution in [0, 0.1) is 0 Å². The number of imide groups is 2. The largest absolute Gasteiger partial charge is 0.493 e. The third kappa shape index (κ3) is 7.10. The molecule has 4 aromatic carbocycles. The zero-order valence-corrected chi connectivity index (χ0v) is 27.6. The summed E-state index contributed by atoms with van der Waals surface area (Å²) < 4.78 is 18.7. The summed E-state index contributed by atoms with van der Waals surface area (Å²) >= 11 is 19.1. The summed E-state index contributed by atoms with van der Waals surface area (Å²) in [7, 11) is 1.58. The standard InChI is InChI=1S/C32H22Br2Cl2N2O6/c1-42-28-14-19(7-10-27(28)43-16-18-5-3-2-4-6-18)17-44-29-23(33)12-20(13-24(29)34)11-22-30(39)37-32(41)38(31(22)40)21-8-9-25(35)26(36)15-21/h2-15H,16-17H2,1H3,(H,37,39,41)/b22-11-. The fourth-order valence-electron chi connectivity index (χ4n) is 4.30. The molecule has 4 aromatic rings. The molecule has 44 heavy (non-hydrogen) atoms. The first-order valence-corrected chi connectivity index (χ1v) is 15.3. The van der Waals surface area contributed by atoms with Gasteiger partial charge in [0.15, 0.2) is 11.5 Å². The van der Waals surface area contributed by atoms with Crippen LogP contribution in [0.5, 0.6) is 17.2 Å². The number of rotatable bonds is 9. The number of ether oxygens (including phenoxy) is 3. The van der Waals surface area contributed by atoms with Gasteiger partial charge in [-0.05, 0) is 97.1 Å². The number of hydrogen-bond donors (Lipinski definition) is 1. The van der Waals surface area contributed by atoms with Crippen molar-refractivity contribution in [2.45, 2.75) is 13.2 Å². The molecule has 1 saturated heterocycles. The first-order chi connectivity index (χ1) is 21.1. The zero-order valence-electron chi connectivity index (χ0n) is 22.9. The van der Waals surface area contributed by atoms with Crippen LogP contribution in [0.4, 0.5) is 10.5 Å². The van der Waals surface area contributed by atoms with Crippen molar-refractivity contribution >= 4 is 84.7 Å². The van der Waals surface area contributed by atoms with Gasteiger partial charge in [-0.2, -0.15) is 0 Å². The van der Waals surface area contributed by atoms with Gasteiger partial charge in [-0.3, -0.25) is 14.9 Å². The van der Waals surface area contributed by atoms with Crippen LogP contribution in [-0.4, -0.2) is 25.0 Å². The second kappa shape index (κ2) is 13.9. The van der Waals surface area contributed by atoms with Gasteiger partial charge in [-0.15, -0.1) is 0 Å². The maximum Gasteiger partial charge on any atom is 0.335 e. The van der Waals surface area contributed by atoms with Gasteiger partial charge in [-0.1, -0.05) is 59.6 Å². The minimum absolute atomic E-state index is 0.154. The summed E-state index contributed by atoms with van der Waals surface area (Å²) in [5.41, 5.74) is 2.31. The third-order valence-electron chi connectivity index (χ3n) is 6.44. The average Bonchev–Trinajstić information content (AvgIpc) is 3.00. The van der Waals surface area contributed by atoms with Gasteiger partial charge >= 0.3 is 6.03 Å². The van der Waals surface area contributed by atoms with E-state index in [-0.39, 0.29) is 27.9 Å². The number of urea groups is 1. The molecule has 1 heterocycles. The Labute approximate surface area is 279 Å². The molecule has 0 unspecified atom stereocenters. The molecule has 0 atom stereocenters. The predicted molar refractivity (Wildman–Crippen MR) is 175 cm³/mol. The highest BCUT2D eigenvalue weighted by molar-refractivity contribution is 9.11. The van der Waals surface area contributed by atoms with Crippen molar-refractivity contribution in [2.24, 2.45) is 0 Å². The molecule has 1 aliphatic rings. The van der Waals surface area contributed by atoms with E-state index in [0.717, 1.165) is 16.0 Å². The summed E-state index contributed by atoms with van der Waals surface area (Å²) in [5, 5.41) is 2.60. The average molecular weight is 761 g/mol. The maximum atomic E-state index is 13.3. The van der Waals surface area contributed by atoms with E-state index in [4.69, 9.17) is 37.4 Å². The van der Waals surface area contributed by atoms with Crippen molar-refractivity contribution in [3.63, 3.8) is 0 Å². The highest BCUT2D eigenvalue weighted by Gasteiger charge is 2.37. The van der Waals surface area contributed by atoms with Gasteiger partial charge in [-0.25, -0.2) is 9.69 Å². The Kier molecular flexibility index (Phi) is 9.95. The summed E-state index contributed by atoms with van der Waals surface area (Å²) in [5.74, 6) is 0.0537. The lowest BCUT2D eigenvalue weighted by atomic mass is 10.1. The Morgan fingerprint density at radius 2 is 1.50 bits per heavy atom. The molecule has 1 N–H and O–H groups in total. The normalized spacial score (nSPS) is 14.1. The monoisotopic (exact) mass is 758 g/mol. The Morgan fingerprint density at radius 3 is 2.18 bits per heavy atom. The van der Waals surface area contributed by atoms with Crippen LogP contribution >= 0.6 is 55.1 Å². The molecule has 0 spiro atoms. The fourth-order valence-corrected chi connectivity index (χ4v) is 6.04. The van der Waals surface area contributed by atoms with E-state index in [1.807, 2.05) is 48.5 Å². The minimum Gasteiger partial charge on any atom is -0.493 e. The Bertz CT molecular complexity index is 1780. The van der Waals surface area contributed by atoms with Crippen molar-refractivity contribution in [1.29, 1.82) is 0 Å². The number of anilines is 1. The molecule has 224 valence electrons. The van der Waals surface area contributed by atoms with Gasteiger partial charge in [0.2, 0.25) is 0 Å². The lowest BCUT2D eigenvalue weighted by molar-refractivity contribution is -0.122. The third-order valence-corrected chi connectivity index (χ3v) is 8.36. The van der Waals surface area contributed by atoms with Gasteiger partial charge < -0.3 is 14.2 Å². The number of barbiturate groups is 1. The van der Waals surface area contributed by atoms with Crippen LogP contribution < -0.4 is 24.4 Å². The van der Waals surface area contributed by atoms with Crippen LogP contribution in [-0.2, 0) is 22.8 Å². The smallest absolute Gasteiger partial charge is 0.335 e. The quantitative estimate of drug-likeness (QED) is 0.136. The van der Waals surface area contributed by atoms with Gasteiger partial charge in [0.1, 0.15) is 24.5 Å². The number of amides is 4. The molecular weight excluding hydrogens is 739 g/mol. The van der Waals surface area contributed by atoms with Crippen molar-refractivity contribution in [3.8, 4) is 17.2 Å². The van der Waals surface area contributed by atoms with Crippen LogP contribution in [0.3, 0.4) is 0 Å². The van der Waals surface area contributed by atoms with Gasteiger partial charge in [0.25, 0.3) is 11.8 Å². The van der Waals surface area contributed by atoms with Crippen LogP contribution in [0.2, 0.25) is 10.0 Å². The number of nitrogens with zero attached hydrogens (tertiary/aromatic N) is 1. The van der Waals surface area contributed by atoms with Crippen LogP contribution in [0.15, 0.2) is 93.4 Å². The van der Waals surface area contributed by atoms with E-state index >= 15 is 0 Å². The zero-order chi connectivity index (χ0) is 31.4. The Hall–Kier alpha value is -3.83. The summed E-state index contributed by atoms with van der Waals surface area (Å²) in [6.07, 6.45) is 1.38. The van der Waals surface area contributed by atoms with E-state index in [1.165, 1.54) is 24.3 Å². The highest BCUT2D eigenvalue weighted by Crippen LogP contribution is 2.37. The van der Waals surface area contributed by atoms with Crippen molar-refractivity contribution < 1.29 is 28.6 Å². The molecule has 8 nitrogen and oxygen atoms in total. The number of nitrogens with one attached hydrogen (secondary N) is 1. The summed E-state index contributed by atoms with van der Waals surface area (Å²) in [4.78, 5) is 39.3. The van der Waals surface area contributed by atoms with Gasteiger partial charge in [0, 0.05) is 0 Å².